The lowest BCUT2D eigenvalue weighted by Gasteiger charge is -2.11. The maximum atomic E-state index is 13.2. The molecule has 0 bridgehead atoms. The highest BCUT2D eigenvalue weighted by Gasteiger charge is 2.34. The van der Waals surface area contributed by atoms with Gasteiger partial charge in [0, 0.05) is 5.69 Å². The van der Waals surface area contributed by atoms with Crippen LogP contribution in [0.25, 0.3) is 5.69 Å². The van der Waals surface area contributed by atoms with Crippen LogP contribution in [0.3, 0.4) is 0 Å². The summed E-state index contributed by atoms with van der Waals surface area (Å²) in [7, 11) is 0. The van der Waals surface area contributed by atoms with Crippen LogP contribution in [0.15, 0.2) is 54.7 Å². The first-order chi connectivity index (χ1) is 14.3. The van der Waals surface area contributed by atoms with Crippen LogP contribution >= 0.6 is 0 Å². The van der Waals surface area contributed by atoms with E-state index in [0.29, 0.717) is 5.69 Å². The quantitative estimate of drug-likeness (QED) is 0.645. The molecule has 0 unspecified atom stereocenters. The first-order valence-electron chi connectivity index (χ1n) is 9.04. The van der Waals surface area contributed by atoms with Gasteiger partial charge >= 0.3 is 6.18 Å². The second-order valence-electron chi connectivity index (χ2n) is 6.30. The number of nitrogens with zero attached hydrogens (tertiary/aromatic N) is 3. The van der Waals surface area contributed by atoms with E-state index < -0.39 is 23.6 Å². The number of hydrogen-bond acceptors (Lipinski definition) is 4. The molecule has 0 fully saturated rings. The molecule has 1 heterocycles. The zero-order valence-corrected chi connectivity index (χ0v) is 15.9. The van der Waals surface area contributed by atoms with Crippen molar-refractivity contribution >= 4 is 17.5 Å². The van der Waals surface area contributed by atoms with Crippen molar-refractivity contribution in [1.82, 2.24) is 20.3 Å². The van der Waals surface area contributed by atoms with Gasteiger partial charge in [0.1, 0.15) is 0 Å². The average molecular weight is 417 g/mol. The lowest BCUT2D eigenvalue weighted by molar-refractivity contribution is -0.137. The third-order valence-corrected chi connectivity index (χ3v) is 4.26. The molecule has 7 nitrogen and oxygen atoms in total. The maximum absolute atomic E-state index is 13.2. The number of benzene rings is 2. The third kappa shape index (κ3) is 4.83. The van der Waals surface area contributed by atoms with Crippen molar-refractivity contribution in [3.8, 4) is 5.69 Å². The highest BCUT2D eigenvalue weighted by atomic mass is 19.4. The summed E-state index contributed by atoms with van der Waals surface area (Å²) < 4.78 is 40.3. The van der Waals surface area contributed by atoms with Gasteiger partial charge in [-0.25, -0.2) is 4.68 Å². The molecule has 3 rings (SSSR count). The van der Waals surface area contributed by atoms with Crippen molar-refractivity contribution in [2.24, 2.45) is 0 Å². The number of carbonyl (C=O) groups excluding carboxylic acids is 2. The van der Waals surface area contributed by atoms with E-state index in [-0.39, 0.29) is 17.9 Å². The number of nitrogens with one attached hydrogen (secondary N) is 2. The molecule has 0 saturated carbocycles. The topological polar surface area (TPSA) is 88.9 Å². The first kappa shape index (κ1) is 21.0. The molecular weight excluding hydrogens is 399 g/mol. The summed E-state index contributed by atoms with van der Waals surface area (Å²) in [6.07, 6.45) is -2.78. The monoisotopic (exact) mass is 417 g/mol. The summed E-state index contributed by atoms with van der Waals surface area (Å²) in [5, 5.41) is 12.3. The standard InChI is InChI=1S/C20H18F3N5O2/c1-2-13-7-3-5-9-15(13)25-18(29)11-24-19(30)16-12-28(27-26-16)17-10-6-4-8-14(17)20(21,22)23/h3-10,12H,2,11H2,1H3,(H,24,30)(H,25,29). The fourth-order valence-corrected chi connectivity index (χ4v) is 2.79. The third-order valence-electron chi connectivity index (χ3n) is 4.26. The van der Waals surface area contributed by atoms with Crippen molar-refractivity contribution in [2.75, 3.05) is 11.9 Å². The van der Waals surface area contributed by atoms with Crippen LogP contribution in [-0.4, -0.2) is 33.4 Å². The Morgan fingerprint density at radius 1 is 1.07 bits per heavy atom. The Hall–Kier alpha value is -3.69. The minimum Gasteiger partial charge on any atom is -0.342 e. The zero-order chi connectivity index (χ0) is 21.7. The fourth-order valence-electron chi connectivity index (χ4n) is 2.79. The van der Waals surface area contributed by atoms with E-state index >= 15 is 0 Å². The van der Waals surface area contributed by atoms with Gasteiger partial charge in [0.15, 0.2) is 5.69 Å². The minimum atomic E-state index is -4.59. The van der Waals surface area contributed by atoms with Gasteiger partial charge in [0.2, 0.25) is 5.91 Å². The Bertz CT molecular complexity index is 1060. The van der Waals surface area contributed by atoms with Crippen LogP contribution in [0.5, 0.6) is 0 Å². The number of hydrogen-bond donors (Lipinski definition) is 2. The van der Waals surface area contributed by atoms with Gasteiger partial charge in [-0.15, -0.1) is 5.10 Å². The largest absolute Gasteiger partial charge is 0.418 e. The Balaban J connectivity index is 1.66. The molecule has 1 aromatic heterocycles. The molecule has 0 radical (unpaired) electrons. The number of carbonyl (C=O) groups is 2. The predicted octanol–water partition coefficient (Wildman–Crippen LogP) is 3.22. The lowest BCUT2D eigenvalue weighted by atomic mass is 10.1. The van der Waals surface area contributed by atoms with Crippen LogP contribution in [0, 0.1) is 0 Å². The number of aryl methyl sites for hydroxylation is 1. The second kappa shape index (κ2) is 8.76. The zero-order valence-electron chi connectivity index (χ0n) is 15.9. The van der Waals surface area contributed by atoms with Gasteiger partial charge < -0.3 is 10.6 Å². The maximum Gasteiger partial charge on any atom is 0.418 e. The second-order valence-corrected chi connectivity index (χ2v) is 6.30. The smallest absolute Gasteiger partial charge is 0.342 e. The molecule has 2 amide bonds. The van der Waals surface area contributed by atoms with Gasteiger partial charge in [-0.1, -0.05) is 42.5 Å². The molecule has 0 saturated heterocycles. The lowest BCUT2D eigenvalue weighted by Crippen LogP contribution is -2.33. The van der Waals surface area contributed by atoms with Crippen LogP contribution in [0.2, 0.25) is 0 Å². The van der Waals surface area contributed by atoms with Gasteiger partial charge in [-0.3, -0.25) is 9.59 Å². The summed E-state index contributed by atoms with van der Waals surface area (Å²) in [5.74, 6) is -1.18. The predicted molar refractivity (Wildman–Crippen MR) is 103 cm³/mol. The van der Waals surface area contributed by atoms with E-state index in [0.717, 1.165) is 28.9 Å². The van der Waals surface area contributed by atoms with Crippen LogP contribution in [0.1, 0.15) is 28.5 Å². The Kier molecular flexibility index (Phi) is 6.14. The summed E-state index contributed by atoms with van der Waals surface area (Å²) in [4.78, 5) is 24.3. The number of halogens is 3. The van der Waals surface area contributed by atoms with E-state index in [2.05, 4.69) is 20.9 Å². The average Bonchev–Trinajstić information content (AvgIpc) is 3.22. The molecule has 156 valence electrons. The van der Waals surface area contributed by atoms with Crippen molar-refractivity contribution in [3.05, 3.63) is 71.5 Å². The SMILES string of the molecule is CCc1ccccc1NC(=O)CNC(=O)c1cn(-c2ccccc2C(F)(F)F)nn1. The molecule has 30 heavy (non-hydrogen) atoms. The van der Waals surface area contributed by atoms with Crippen LogP contribution in [-0.2, 0) is 17.4 Å². The summed E-state index contributed by atoms with van der Waals surface area (Å²) in [6.45, 7) is 1.62. The van der Waals surface area contributed by atoms with E-state index in [9.17, 15) is 22.8 Å². The first-order valence-corrected chi connectivity index (χ1v) is 9.04. The van der Waals surface area contributed by atoms with Gasteiger partial charge in [-0.05, 0) is 30.2 Å². The summed E-state index contributed by atoms with van der Waals surface area (Å²) in [5.41, 5.74) is 0.215. The van der Waals surface area contributed by atoms with Crippen molar-refractivity contribution in [2.45, 2.75) is 19.5 Å². The van der Waals surface area contributed by atoms with Crippen molar-refractivity contribution in [3.63, 3.8) is 0 Å². The molecule has 2 aromatic carbocycles. The molecule has 0 aliphatic carbocycles. The number of amides is 2. The van der Waals surface area contributed by atoms with E-state index in [4.69, 9.17) is 0 Å². The van der Waals surface area contributed by atoms with Crippen molar-refractivity contribution < 1.29 is 22.8 Å². The van der Waals surface area contributed by atoms with Crippen molar-refractivity contribution in [1.29, 1.82) is 0 Å². The number of rotatable bonds is 6. The Labute approximate surface area is 169 Å². The van der Waals surface area contributed by atoms with E-state index in [1.54, 1.807) is 12.1 Å². The molecule has 0 atom stereocenters. The molecule has 0 aliphatic rings. The fraction of sp³-hybridized carbons (Fsp3) is 0.200. The van der Waals surface area contributed by atoms with Gasteiger partial charge in [-0.2, -0.15) is 13.2 Å². The highest BCUT2D eigenvalue weighted by Crippen LogP contribution is 2.33. The van der Waals surface area contributed by atoms with Crippen LogP contribution in [0.4, 0.5) is 18.9 Å². The minimum absolute atomic E-state index is 0.214. The number of aromatic nitrogens is 3. The summed E-state index contributed by atoms with van der Waals surface area (Å²) >= 11 is 0. The normalized spacial score (nSPS) is 11.2. The van der Waals surface area contributed by atoms with E-state index in [1.807, 2.05) is 19.1 Å². The van der Waals surface area contributed by atoms with Crippen LogP contribution < -0.4 is 10.6 Å². The number of anilines is 1. The summed E-state index contributed by atoms with van der Waals surface area (Å²) in [6, 6.07) is 12.1. The van der Waals surface area contributed by atoms with Gasteiger partial charge in [0.25, 0.3) is 5.91 Å². The number of para-hydroxylation sites is 2. The molecule has 2 N–H and O–H groups in total. The van der Waals surface area contributed by atoms with E-state index in [1.165, 1.54) is 18.2 Å². The molecule has 3 aromatic rings. The molecular formula is C20H18F3N5O2. The molecule has 10 heteroatoms. The number of alkyl halides is 3. The highest BCUT2D eigenvalue weighted by molar-refractivity contribution is 5.98. The Morgan fingerprint density at radius 2 is 1.77 bits per heavy atom. The molecule has 0 spiro atoms. The molecule has 0 aliphatic heterocycles. The Morgan fingerprint density at radius 3 is 2.50 bits per heavy atom. The van der Waals surface area contributed by atoms with Gasteiger partial charge in [0.05, 0.1) is 24.0 Å².